The summed E-state index contributed by atoms with van der Waals surface area (Å²) in [6, 6.07) is 23.6. The van der Waals surface area contributed by atoms with E-state index in [-0.39, 0.29) is 48.8 Å². The summed E-state index contributed by atoms with van der Waals surface area (Å²) in [6.07, 6.45) is 9.14. The van der Waals surface area contributed by atoms with Crippen LogP contribution in [-0.4, -0.2) is 46.5 Å². The van der Waals surface area contributed by atoms with E-state index in [1.807, 2.05) is 66.7 Å². The molecule has 47 heavy (non-hydrogen) atoms. The van der Waals surface area contributed by atoms with Gasteiger partial charge in [0.2, 0.25) is 17.7 Å². The van der Waals surface area contributed by atoms with E-state index in [4.69, 9.17) is 4.74 Å². The monoisotopic (exact) mass is 638 g/mol. The quantitative estimate of drug-likeness (QED) is 0.0542. The molecular weight excluding hydrogens is 596 g/mol. The lowest BCUT2D eigenvalue weighted by Crippen LogP contribution is -2.35. The van der Waals surface area contributed by atoms with Crippen LogP contribution in [0.2, 0.25) is 0 Å². The van der Waals surface area contributed by atoms with Crippen molar-refractivity contribution in [1.82, 2.24) is 10.3 Å². The molecule has 0 spiro atoms. The zero-order chi connectivity index (χ0) is 33.3. The van der Waals surface area contributed by atoms with Gasteiger partial charge in [0.05, 0.1) is 18.4 Å². The molecular formula is C37H42N4O6. The van der Waals surface area contributed by atoms with Gasteiger partial charge < -0.3 is 20.1 Å². The van der Waals surface area contributed by atoms with Gasteiger partial charge in [0.1, 0.15) is 11.9 Å². The van der Waals surface area contributed by atoms with Gasteiger partial charge in [-0.2, -0.15) is 5.10 Å². The molecule has 1 aliphatic rings. The van der Waals surface area contributed by atoms with E-state index < -0.39 is 6.10 Å². The third-order valence-corrected chi connectivity index (χ3v) is 7.60. The predicted molar refractivity (Wildman–Crippen MR) is 180 cm³/mol. The number of allylic oxidation sites excluding steroid dienone is 2. The lowest BCUT2D eigenvalue weighted by Gasteiger charge is -2.28. The van der Waals surface area contributed by atoms with Gasteiger partial charge >= 0.3 is 5.97 Å². The minimum Gasteiger partial charge on any atom is -0.506 e. The average Bonchev–Trinajstić information content (AvgIpc) is 3.06. The Morgan fingerprint density at radius 3 is 2.38 bits per heavy atom. The standard InChI is InChI=1S/C37H42N4O6/c42-32-19-12-11-18-31(32)39-34(43)20-7-4-8-21-35(44)40-38-25-28-14-13-15-29(24-28)26-41-27-33(30-16-5-3-6-17-30)47-37(46)23-10-2-1-9-22-36(41)45/h1-3,5-6,11-19,24-25,33,42H,4,7-10,20-23,26-27H2,(H,39,43)(H,40,44)/b2-1+,38-25+/t33-/m0/s1. The highest BCUT2D eigenvalue weighted by molar-refractivity contribution is 5.92. The van der Waals surface area contributed by atoms with E-state index in [9.17, 15) is 24.3 Å². The van der Waals surface area contributed by atoms with Crippen LogP contribution >= 0.6 is 0 Å². The number of anilines is 1. The van der Waals surface area contributed by atoms with Crippen LogP contribution in [0.5, 0.6) is 5.75 Å². The summed E-state index contributed by atoms with van der Waals surface area (Å²) in [7, 11) is 0. The summed E-state index contributed by atoms with van der Waals surface area (Å²) in [5.41, 5.74) is 5.39. The first kappa shape index (κ1) is 34.6. The summed E-state index contributed by atoms with van der Waals surface area (Å²) in [5.74, 6) is -0.726. The predicted octanol–water partition coefficient (Wildman–Crippen LogP) is 6.17. The Kier molecular flexibility index (Phi) is 13.7. The zero-order valence-electron chi connectivity index (χ0n) is 26.5. The van der Waals surface area contributed by atoms with Crippen LogP contribution in [0.3, 0.4) is 0 Å². The van der Waals surface area contributed by atoms with E-state index in [0.717, 1.165) is 16.7 Å². The maximum atomic E-state index is 13.3. The second-order valence-corrected chi connectivity index (χ2v) is 11.4. The third-order valence-electron chi connectivity index (χ3n) is 7.60. The lowest BCUT2D eigenvalue weighted by molar-refractivity contribution is -0.152. The van der Waals surface area contributed by atoms with Gasteiger partial charge in [-0.15, -0.1) is 0 Å². The van der Waals surface area contributed by atoms with Gasteiger partial charge in [-0.05, 0) is 60.6 Å². The van der Waals surface area contributed by atoms with E-state index in [1.165, 1.54) is 6.07 Å². The number of phenols is 1. The van der Waals surface area contributed by atoms with Gasteiger partial charge in [-0.1, -0.05) is 79.2 Å². The van der Waals surface area contributed by atoms with Gasteiger partial charge in [-0.25, -0.2) is 5.43 Å². The Morgan fingerprint density at radius 1 is 0.872 bits per heavy atom. The first-order valence-electron chi connectivity index (χ1n) is 16.0. The molecule has 3 aromatic rings. The summed E-state index contributed by atoms with van der Waals surface area (Å²) in [4.78, 5) is 52.0. The number of hydrogen-bond donors (Lipinski definition) is 3. The summed E-state index contributed by atoms with van der Waals surface area (Å²) >= 11 is 0. The highest BCUT2D eigenvalue weighted by Crippen LogP contribution is 2.23. The van der Waals surface area contributed by atoms with Crippen LogP contribution < -0.4 is 10.7 Å². The Morgan fingerprint density at radius 2 is 1.60 bits per heavy atom. The van der Waals surface area contributed by atoms with E-state index in [2.05, 4.69) is 15.8 Å². The van der Waals surface area contributed by atoms with E-state index in [1.54, 1.807) is 29.3 Å². The van der Waals surface area contributed by atoms with E-state index in [0.29, 0.717) is 57.2 Å². The number of benzene rings is 3. The highest BCUT2D eigenvalue weighted by atomic mass is 16.5. The maximum Gasteiger partial charge on any atom is 0.306 e. The number of amides is 3. The maximum absolute atomic E-state index is 13.3. The summed E-state index contributed by atoms with van der Waals surface area (Å²) in [5, 5.41) is 16.5. The van der Waals surface area contributed by atoms with Gasteiger partial charge in [0, 0.05) is 32.2 Å². The lowest BCUT2D eigenvalue weighted by atomic mass is 10.1. The number of cyclic esters (lactones) is 1. The molecule has 0 unspecified atom stereocenters. The van der Waals surface area contributed by atoms with Crippen molar-refractivity contribution >= 4 is 35.6 Å². The van der Waals surface area contributed by atoms with Crippen LogP contribution in [0.4, 0.5) is 5.69 Å². The third kappa shape index (κ3) is 12.2. The average molecular weight is 639 g/mol. The second-order valence-electron chi connectivity index (χ2n) is 11.4. The molecule has 3 N–H and O–H groups in total. The summed E-state index contributed by atoms with van der Waals surface area (Å²) < 4.78 is 5.85. The molecule has 3 amide bonds. The Bertz CT molecular complexity index is 1560. The van der Waals surface area contributed by atoms with Gasteiger partial charge in [0.25, 0.3) is 0 Å². The number of para-hydroxylation sites is 2. The Labute approximate surface area is 275 Å². The highest BCUT2D eigenvalue weighted by Gasteiger charge is 2.24. The molecule has 0 saturated carbocycles. The molecule has 0 radical (unpaired) electrons. The fraction of sp³-hybridized carbons (Fsp3) is 0.324. The largest absolute Gasteiger partial charge is 0.506 e. The normalized spacial score (nSPS) is 16.5. The first-order chi connectivity index (χ1) is 22.9. The fourth-order valence-corrected chi connectivity index (χ4v) is 5.12. The van der Waals surface area contributed by atoms with Crippen molar-refractivity contribution in [2.75, 3.05) is 11.9 Å². The summed E-state index contributed by atoms with van der Waals surface area (Å²) in [6.45, 7) is 0.552. The number of nitrogens with zero attached hydrogens (tertiary/aromatic N) is 2. The Hall–Kier alpha value is -5.25. The molecule has 1 heterocycles. The van der Waals surface area contributed by atoms with Gasteiger partial charge in [-0.3, -0.25) is 19.2 Å². The number of unbranched alkanes of at least 4 members (excludes halogenated alkanes) is 2. The molecule has 3 aromatic carbocycles. The molecule has 10 nitrogen and oxygen atoms in total. The number of nitrogens with one attached hydrogen (secondary N) is 2. The van der Waals surface area contributed by atoms with Crippen molar-refractivity contribution in [3.05, 3.63) is 108 Å². The number of carbonyl (C=O) groups is 4. The van der Waals surface area contributed by atoms with Crippen LogP contribution in [0.1, 0.15) is 80.6 Å². The van der Waals surface area contributed by atoms with Crippen molar-refractivity contribution in [2.45, 2.75) is 70.4 Å². The number of hydrazone groups is 1. The SMILES string of the molecule is O=C(CCCCCC(=O)Nc1ccccc1O)N/N=C/c1cccc(CN2C[C@@H](c3ccccc3)OC(=O)CC/C=C/CCC2=O)c1. The molecule has 0 aliphatic carbocycles. The molecule has 246 valence electrons. The topological polar surface area (TPSA) is 137 Å². The molecule has 0 saturated heterocycles. The number of phenolic OH excluding ortho intramolecular Hbond substituents is 1. The number of ether oxygens (including phenoxy) is 1. The minimum atomic E-state index is -0.586. The number of carbonyl (C=O) groups excluding carboxylic acids is 4. The zero-order valence-corrected chi connectivity index (χ0v) is 26.5. The van der Waals surface area contributed by atoms with Crippen molar-refractivity contribution in [3.8, 4) is 5.75 Å². The van der Waals surface area contributed by atoms with Crippen molar-refractivity contribution in [2.24, 2.45) is 5.10 Å². The minimum absolute atomic E-state index is 0.0210. The number of esters is 1. The first-order valence-corrected chi connectivity index (χ1v) is 16.0. The number of aromatic hydroxyl groups is 1. The number of hydrogen-bond acceptors (Lipinski definition) is 7. The van der Waals surface area contributed by atoms with Crippen LogP contribution in [0, 0.1) is 0 Å². The molecule has 10 heteroatoms. The van der Waals surface area contributed by atoms with Crippen molar-refractivity contribution in [3.63, 3.8) is 0 Å². The second kappa shape index (κ2) is 18.7. The van der Waals surface area contributed by atoms with Crippen LogP contribution in [-0.2, 0) is 30.5 Å². The Balaban J connectivity index is 1.27. The molecule has 1 aliphatic heterocycles. The molecule has 0 fully saturated rings. The molecule has 1 atom stereocenters. The molecule has 0 aromatic heterocycles. The van der Waals surface area contributed by atoms with Crippen molar-refractivity contribution < 1.29 is 29.0 Å². The van der Waals surface area contributed by atoms with Gasteiger partial charge in [0.15, 0.2) is 0 Å². The van der Waals surface area contributed by atoms with E-state index >= 15 is 0 Å². The van der Waals surface area contributed by atoms with Crippen LogP contribution in [0.25, 0.3) is 0 Å². The number of rotatable bonds is 12. The molecule has 0 bridgehead atoms. The van der Waals surface area contributed by atoms with Crippen LogP contribution in [0.15, 0.2) is 96.1 Å². The van der Waals surface area contributed by atoms with Crippen molar-refractivity contribution in [1.29, 1.82) is 0 Å². The molecule has 4 rings (SSSR count). The smallest absolute Gasteiger partial charge is 0.306 e. The fourth-order valence-electron chi connectivity index (χ4n) is 5.12.